The lowest BCUT2D eigenvalue weighted by Gasteiger charge is -2.12. The maximum Gasteiger partial charge on any atom is 0.153 e. The zero-order valence-corrected chi connectivity index (χ0v) is 16.5. The minimum absolute atomic E-state index is 0.643. The normalized spacial score (nSPS) is 13.8. The van der Waals surface area contributed by atoms with E-state index < -0.39 is 0 Å². The number of ether oxygens (including phenoxy) is 1. The summed E-state index contributed by atoms with van der Waals surface area (Å²) < 4.78 is 12.6. The van der Waals surface area contributed by atoms with E-state index in [-0.39, 0.29) is 0 Å². The van der Waals surface area contributed by atoms with Crippen LogP contribution in [0.1, 0.15) is 24.5 Å². The second kappa shape index (κ2) is 6.87. The number of nitrogens with zero attached hydrogens (tertiary/aromatic N) is 5. The molecular formula is C20H20N6OS. The lowest BCUT2D eigenvalue weighted by molar-refractivity contribution is 0.417. The van der Waals surface area contributed by atoms with Crippen molar-refractivity contribution in [3.05, 3.63) is 54.6 Å². The Hall–Kier alpha value is -3.00. The van der Waals surface area contributed by atoms with Crippen molar-refractivity contribution in [2.24, 2.45) is 7.05 Å². The number of pyridine rings is 1. The molecule has 3 aromatic heterocycles. The molecule has 0 radical (unpaired) electrons. The van der Waals surface area contributed by atoms with Crippen LogP contribution >= 0.6 is 11.9 Å². The van der Waals surface area contributed by atoms with Crippen LogP contribution in [0.25, 0.3) is 16.7 Å². The van der Waals surface area contributed by atoms with E-state index >= 15 is 0 Å². The van der Waals surface area contributed by atoms with Gasteiger partial charge < -0.3 is 9.46 Å². The van der Waals surface area contributed by atoms with E-state index in [1.165, 1.54) is 30.5 Å². The van der Waals surface area contributed by atoms with Gasteiger partial charge in [0.1, 0.15) is 11.4 Å². The van der Waals surface area contributed by atoms with E-state index in [9.17, 15) is 0 Å². The van der Waals surface area contributed by atoms with Crippen molar-refractivity contribution >= 4 is 28.5 Å². The van der Waals surface area contributed by atoms with Crippen LogP contribution in [0.2, 0.25) is 0 Å². The molecule has 1 aliphatic carbocycles. The summed E-state index contributed by atoms with van der Waals surface area (Å²) in [5, 5.41) is 10.0. The molecule has 5 rings (SSSR count). The zero-order chi connectivity index (χ0) is 19.1. The van der Waals surface area contributed by atoms with Crippen molar-refractivity contribution < 1.29 is 4.74 Å². The molecule has 1 aromatic carbocycles. The Labute approximate surface area is 166 Å². The number of nitrogens with one attached hydrogen (secondary N) is 1. The van der Waals surface area contributed by atoms with E-state index in [0.717, 1.165) is 33.1 Å². The molecule has 1 N–H and O–H groups in total. The highest BCUT2D eigenvalue weighted by Gasteiger charge is 2.26. The van der Waals surface area contributed by atoms with E-state index in [0.29, 0.717) is 5.92 Å². The summed E-state index contributed by atoms with van der Waals surface area (Å²) in [6.07, 6.45) is 8.18. The third kappa shape index (κ3) is 3.09. The molecule has 28 heavy (non-hydrogen) atoms. The molecule has 0 atom stereocenters. The van der Waals surface area contributed by atoms with Gasteiger partial charge in [-0.15, -0.1) is 0 Å². The van der Waals surface area contributed by atoms with Crippen LogP contribution in [0.5, 0.6) is 5.75 Å². The third-order valence-electron chi connectivity index (χ3n) is 4.92. The minimum Gasteiger partial charge on any atom is -0.494 e. The fraction of sp³-hybridized carbons (Fsp3) is 0.250. The highest BCUT2D eigenvalue weighted by atomic mass is 32.2. The average Bonchev–Trinajstić information content (AvgIpc) is 3.34. The molecule has 0 saturated heterocycles. The van der Waals surface area contributed by atoms with Gasteiger partial charge in [0, 0.05) is 35.6 Å². The van der Waals surface area contributed by atoms with Crippen LogP contribution in [0.15, 0.2) is 53.8 Å². The first-order valence-corrected chi connectivity index (χ1v) is 9.98. The Morgan fingerprint density at radius 3 is 2.79 bits per heavy atom. The van der Waals surface area contributed by atoms with Gasteiger partial charge in [-0.1, -0.05) is 0 Å². The monoisotopic (exact) mass is 392 g/mol. The number of anilines is 1. The van der Waals surface area contributed by atoms with Gasteiger partial charge in [0.15, 0.2) is 5.82 Å². The summed E-state index contributed by atoms with van der Waals surface area (Å²) in [6, 6.07) is 10.1. The van der Waals surface area contributed by atoms with Crippen LogP contribution in [-0.4, -0.2) is 31.7 Å². The maximum atomic E-state index is 5.53. The Balaban J connectivity index is 1.35. The van der Waals surface area contributed by atoms with Crippen LogP contribution in [0, 0.1) is 0 Å². The summed E-state index contributed by atoms with van der Waals surface area (Å²) in [4.78, 5) is 5.56. The Morgan fingerprint density at radius 2 is 2.04 bits per heavy atom. The first kappa shape index (κ1) is 17.1. The van der Waals surface area contributed by atoms with Gasteiger partial charge in [-0.05, 0) is 55.1 Å². The predicted molar refractivity (Wildman–Crippen MR) is 110 cm³/mol. The van der Waals surface area contributed by atoms with Crippen LogP contribution < -0.4 is 9.46 Å². The van der Waals surface area contributed by atoms with Gasteiger partial charge in [-0.25, -0.2) is 9.67 Å². The molecule has 142 valence electrons. The molecular weight excluding hydrogens is 372 g/mol. The molecule has 0 amide bonds. The van der Waals surface area contributed by atoms with Gasteiger partial charge >= 0.3 is 0 Å². The van der Waals surface area contributed by atoms with Crippen molar-refractivity contribution in [3.8, 4) is 11.6 Å². The molecule has 3 heterocycles. The lowest BCUT2D eigenvalue weighted by Crippen LogP contribution is -2.00. The smallest absolute Gasteiger partial charge is 0.153 e. The fourth-order valence-corrected chi connectivity index (χ4v) is 3.92. The molecule has 0 unspecified atom stereocenters. The van der Waals surface area contributed by atoms with E-state index in [2.05, 4.69) is 26.0 Å². The number of fused-ring (bicyclic) bond motifs is 1. The van der Waals surface area contributed by atoms with Crippen molar-refractivity contribution in [2.75, 3.05) is 11.8 Å². The number of methoxy groups -OCH3 is 1. The van der Waals surface area contributed by atoms with Gasteiger partial charge in [0.05, 0.1) is 24.5 Å². The van der Waals surface area contributed by atoms with Gasteiger partial charge in [-0.2, -0.15) is 10.2 Å². The number of aryl methyl sites for hydroxylation is 1. The average molecular weight is 392 g/mol. The van der Waals surface area contributed by atoms with Gasteiger partial charge in [-0.3, -0.25) is 4.68 Å². The van der Waals surface area contributed by atoms with Crippen molar-refractivity contribution in [3.63, 3.8) is 0 Å². The number of rotatable bonds is 6. The standard InChI is InChI=1S/C20H20N6OS/c1-25-20-14(11-22-25)5-7-17(27-2)19(20)24-28-15-6-8-18(21-12-15)26-10-9-16(23-26)13-3-4-13/h5-13,24H,3-4H2,1-2H3. The summed E-state index contributed by atoms with van der Waals surface area (Å²) in [6.45, 7) is 0. The van der Waals surface area contributed by atoms with E-state index in [1.54, 1.807) is 7.11 Å². The number of hydrogen-bond donors (Lipinski definition) is 1. The summed E-state index contributed by atoms with van der Waals surface area (Å²) in [5.74, 6) is 2.24. The Bertz CT molecular complexity index is 1130. The van der Waals surface area contributed by atoms with Crippen molar-refractivity contribution in [1.29, 1.82) is 0 Å². The molecule has 1 saturated carbocycles. The Morgan fingerprint density at radius 1 is 1.14 bits per heavy atom. The molecule has 0 aliphatic heterocycles. The maximum absolute atomic E-state index is 5.53. The quantitative estimate of drug-likeness (QED) is 0.497. The second-order valence-electron chi connectivity index (χ2n) is 6.86. The van der Waals surface area contributed by atoms with E-state index in [4.69, 9.17) is 4.74 Å². The second-order valence-corrected chi connectivity index (χ2v) is 7.74. The lowest BCUT2D eigenvalue weighted by atomic mass is 10.2. The topological polar surface area (TPSA) is 69.8 Å². The zero-order valence-electron chi connectivity index (χ0n) is 15.7. The van der Waals surface area contributed by atoms with Gasteiger partial charge in [0.25, 0.3) is 0 Å². The summed E-state index contributed by atoms with van der Waals surface area (Å²) >= 11 is 1.49. The van der Waals surface area contributed by atoms with Gasteiger partial charge in [0.2, 0.25) is 0 Å². The molecule has 7 nitrogen and oxygen atoms in total. The molecule has 0 spiro atoms. The SMILES string of the molecule is COc1ccc2cnn(C)c2c1NSc1ccc(-n2ccc(C3CC3)n2)nc1. The summed E-state index contributed by atoms with van der Waals surface area (Å²) in [7, 11) is 3.59. The summed E-state index contributed by atoms with van der Waals surface area (Å²) in [5.41, 5.74) is 3.06. The molecule has 1 fully saturated rings. The number of hydrogen-bond acceptors (Lipinski definition) is 6. The van der Waals surface area contributed by atoms with Crippen molar-refractivity contribution in [1.82, 2.24) is 24.5 Å². The number of benzene rings is 1. The molecule has 1 aliphatic rings. The molecule has 8 heteroatoms. The fourth-order valence-electron chi connectivity index (χ4n) is 3.26. The Kier molecular flexibility index (Phi) is 4.20. The first-order valence-electron chi connectivity index (χ1n) is 9.16. The van der Waals surface area contributed by atoms with Crippen LogP contribution in [0.3, 0.4) is 0 Å². The molecule has 0 bridgehead atoms. The number of aromatic nitrogens is 5. The largest absolute Gasteiger partial charge is 0.494 e. The van der Waals surface area contributed by atoms with E-state index in [1.807, 2.05) is 59.3 Å². The minimum atomic E-state index is 0.643. The highest BCUT2D eigenvalue weighted by molar-refractivity contribution is 8.00. The van der Waals surface area contributed by atoms with Crippen LogP contribution in [0.4, 0.5) is 5.69 Å². The predicted octanol–water partition coefficient (Wildman–Crippen LogP) is 4.16. The molecule has 4 aromatic rings. The third-order valence-corrected chi connectivity index (χ3v) is 5.70. The first-order chi connectivity index (χ1) is 13.7. The van der Waals surface area contributed by atoms with Crippen molar-refractivity contribution in [2.45, 2.75) is 23.7 Å². The van der Waals surface area contributed by atoms with Crippen LogP contribution in [-0.2, 0) is 7.05 Å². The highest BCUT2D eigenvalue weighted by Crippen LogP contribution is 2.39.